The summed E-state index contributed by atoms with van der Waals surface area (Å²) < 4.78 is 33.4. The Morgan fingerprint density at radius 3 is 2.30 bits per heavy atom. The van der Waals surface area contributed by atoms with Gasteiger partial charge in [-0.1, -0.05) is 0 Å². The van der Waals surface area contributed by atoms with Crippen LogP contribution in [0.25, 0.3) is 0 Å². The summed E-state index contributed by atoms with van der Waals surface area (Å²) >= 11 is 0. The van der Waals surface area contributed by atoms with Gasteiger partial charge in [-0.3, -0.25) is 4.21 Å². The first-order chi connectivity index (χ1) is 4.42. The summed E-state index contributed by atoms with van der Waals surface area (Å²) in [7, 11) is -4.03. The van der Waals surface area contributed by atoms with Crippen LogP contribution < -0.4 is 4.72 Å². The maximum atomic E-state index is 10.4. The minimum absolute atomic E-state index is 0.252. The Morgan fingerprint density at radius 2 is 2.00 bits per heavy atom. The highest BCUT2D eigenvalue weighted by molar-refractivity contribution is 7.88. The molecule has 0 rings (SSSR count). The van der Waals surface area contributed by atoms with Crippen LogP contribution >= 0.6 is 0 Å². The van der Waals surface area contributed by atoms with E-state index in [9.17, 15) is 12.6 Å². The second kappa shape index (κ2) is 4.05. The minimum Gasteiger partial charge on any atom is -0.260 e. The molecule has 0 radical (unpaired) electrons. The molecule has 0 fully saturated rings. The summed E-state index contributed by atoms with van der Waals surface area (Å²) in [6.45, 7) is 0.252. The lowest BCUT2D eigenvalue weighted by Gasteiger charge is -1.97. The van der Waals surface area contributed by atoms with Gasteiger partial charge in [-0.2, -0.15) is 0 Å². The molecule has 1 N–H and O–H groups in total. The summed E-state index contributed by atoms with van der Waals surface area (Å²) in [5, 5.41) is 0. The molecular formula is C4H11NO3S2. The highest BCUT2D eigenvalue weighted by Crippen LogP contribution is 1.75. The fraction of sp³-hybridized carbons (Fsp3) is 1.00. The Kier molecular flexibility index (Phi) is 4.07. The minimum atomic E-state index is -3.10. The lowest BCUT2D eigenvalue weighted by atomic mass is 10.8. The van der Waals surface area contributed by atoms with Crippen molar-refractivity contribution in [3.05, 3.63) is 0 Å². The highest BCUT2D eigenvalue weighted by Gasteiger charge is 1.98. The van der Waals surface area contributed by atoms with Crippen LogP contribution in [0.2, 0.25) is 0 Å². The van der Waals surface area contributed by atoms with Gasteiger partial charge in [0, 0.05) is 29.4 Å². The van der Waals surface area contributed by atoms with Crippen molar-refractivity contribution in [2.75, 3.05) is 24.8 Å². The summed E-state index contributed by atoms with van der Waals surface area (Å²) in [6, 6.07) is 0. The monoisotopic (exact) mass is 185 g/mol. The van der Waals surface area contributed by atoms with Crippen molar-refractivity contribution in [2.24, 2.45) is 0 Å². The van der Waals surface area contributed by atoms with Crippen LogP contribution in [0.4, 0.5) is 0 Å². The van der Waals surface area contributed by atoms with Gasteiger partial charge in [0.15, 0.2) is 0 Å². The van der Waals surface area contributed by atoms with Gasteiger partial charge in [-0.05, 0) is 0 Å². The third-order valence-electron chi connectivity index (χ3n) is 0.754. The number of hydrogen-bond donors (Lipinski definition) is 1. The Labute approximate surface area is 63.5 Å². The normalized spacial score (nSPS) is 15.0. The largest absolute Gasteiger partial charge is 0.260 e. The molecule has 0 spiro atoms. The molecule has 0 aromatic carbocycles. The molecule has 0 saturated heterocycles. The fourth-order valence-electron chi connectivity index (χ4n) is 0.371. The van der Waals surface area contributed by atoms with Crippen LogP contribution in [0.15, 0.2) is 0 Å². The Bertz CT molecular complexity index is 209. The molecule has 0 aliphatic carbocycles. The molecule has 0 aromatic heterocycles. The van der Waals surface area contributed by atoms with E-state index < -0.39 is 20.8 Å². The van der Waals surface area contributed by atoms with Gasteiger partial charge in [0.25, 0.3) is 0 Å². The zero-order chi connectivity index (χ0) is 8.20. The van der Waals surface area contributed by atoms with Crippen LogP contribution in [0.1, 0.15) is 0 Å². The average Bonchev–Trinajstić information content (AvgIpc) is 1.59. The van der Waals surface area contributed by atoms with Crippen molar-refractivity contribution in [3.63, 3.8) is 0 Å². The molecule has 4 nitrogen and oxygen atoms in total. The summed E-state index contributed by atoms with van der Waals surface area (Å²) in [5.74, 6) is 0.368. The first kappa shape index (κ1) is 10.1. The van der Waals surface area contributed by atoms with E-state index in [1.807, 2.05) is 0 Å². The molecular weight excluding hydrogens is 174 g/mol. The molecule has 1 unspecified atom stereocenters. The zero-order valence-corrected chi connectivity index (χ0v) is 7.59. The predicted molar refractivity (Wildman–Crippen MR) is 41.8 cm³/mol. The fourth-order valence-corrected chi connectivity index (χ4v) is 1.36. The smallest absolute Gasteiger partial charge is 0.208 e. The van der Waals surface area contributed by atoms with Crippen LogP contribution in [-0.4, -0.2) is 37.4 Å². The Morgan fingerprint density at radius 1 is 1.50 bits per heavy atom. The van der Waals surface area contributed by atoms with Crippen molar-refractivity contribution in [1.82, 2.24) is 4.72 Å². The van der Waals surface area contributed by atoms with Crippen molar-refractivity contribution in [2.45, 2.75) is 0 Å². The van der Waals surface area contributed by atoms with Gasteiger partial charge in [0.2, 0.25) is 10.0 Å². The molecule has 0 aliphatic heterocycles. The van der Waals surface area contributed by atoms with Gasteiger partial charge in [0.05, 0.1) is 6.26 Å². The number of nitrogens with one attached hydrogen (secondary N) is 1. The molecule has 10 heavy (non-hydrogen) atoms. The van der Waals surface area contributed by atoms with Crippen molar-refractivity contribution in [3.8, 4) is 0 Å². The molecule has 0 aliphatic rings. The molecule has 0 saturated carbocycles. The molecule has 1 atom stereocenters. The predicted octanol–water partition coefficient (Wildman–Crippen LogP) is -1.09. The molecule has 0 bridgehead atoms. The van der Waals surface area contributed by atoms with E-state index in [0.717, 1.165) is 6.26 Å². The van der Waals surface area contributed by atoms with Crippen LogP contribution in [0, 0.1) is 0 Å². The lowest BCUT2D eigenvalue weighted by Crippen LogP contribution is -2.26. The quantitative estimate of drug-likeness (QED) is 0.605. The lowest BCUT2D eigenvalue weighted by molar-refractivity contribution is 0.590. The topological polar surface area (TPSA) is 63.2 Å². The third-order valence-corrected chi connectivity index (χ3v) is 2.26. The maximum absolute atomic E-state index is 10.4. The van der Waals surface area contributed by atoms with E-state index in [0.29, 0.717) is 5.75 Å². The van der Waals surface area contributed by atoms with Gasteiger partial charge in [-0.25, -0.2) is 13.1 Å². The Balaban J connectivity index is 3.49. The van der Waals surface area contributed by atoms with Gasteiger partial charge < -0.3 is 0 Å². The SMILES string of the molecule is CS(=O)CCNS(C)(=O)=O. The molecule has 0 aromatic rings. The second-order valence-corrected chi connectivity index (χ2v) is 5.33. The summed E-state index contributed by atoms with van der Waals surface area (Å²) in [6.07, 6.45) is 2.61. The van der Waals surface area contributed by atoms with Crippen LogP contribution in [-0.2, 0) is 20.8 Å². The number of sulfonamides is 1. The first-order valence-corrected chi connectivity index (χ1v) is 6.28. The maximum Gasteiger partial charge on any atom is 0.208 e. The van der Waals surface area contributed by atoms with Gasteiger partial charge in [0.1, 0.15) is 0 Å². The second-order valence-electron chi connectivity index (χ2n) is 1.94. The Hall–Kier alpha value is 0.0600. The molecule has 0 heterocycles. The first-order valence-electron chi connectivity index (χ1n) is 2.66. The van der Waals surface area contributed by atoms with Gasteiger partial charge in [-0.15, -0.1) is 0 Å². The average molecular weight is 185 g/mol. The molecule has 6 heteroatoms. The van der Waals surface area contributed by atoms with Crippen LogP contribution in [0.3, 0.4) is 0 Å². The molecule has 62 valence electrons. The van der Waals surface area contributed by atoms with E-state index in [2.05, 4.69) is 4.72 Å². The van der Waals surface area contributed by atoms with E-state index in [1.54, 1.807) is 0 Å². The summed E-state index contributed by atoms with van der Waals surface area (Å²) in [4.78, 5) is 0. The van der Waals surface area contributed by atoms with Crippen LogP contribution in [0.5, 0.6) is 0 Å². The molecule has 0 amide bonds. The van der Waals surface area contributed by atoms with Crippen molar-refractivity contribution in [1.29, 1.82) is 0 Å². The number of hydrogen-bond acceptors (Lipinski definition) is 3. The summed E-state index contributed by atoms with van der Waals surface area (Å²) in [5.41, 5.74) is 0. The van der Waals surface area contributed by atoms with Gasteiger partial charge >= 0.3 is 0 Å². The standard InChI is InChI=1S/C4H11NO3S2/c1-9(6)4-3-5-10(2,7)8/h5H,3-4H2,1-2H3. The van der Waals surface area contributed by atoms with E-state index >= 15 is 0 Å². The number of rotatable bonds is 4. The van der Waals surface area contributed by atoms with E-state index in [4.69, 9.17) is 0 Å². The van der Waals surface area contributed by atoms with Crippen molar-refractivity contribution >= 4 is 20.8 Å². The van der Waals surface area contributed by atoms with Crippen molar-refractivity contribution < 1.29 is 12.6 Å². The zero-order valence-electron chi connectivity index (χ0n) is 5.96. The van der Waals surface area contributed by atoms with E-state index in [1.165, 1.54) is 6.26 Å². The third kappa shape index (κ3) is 8.06. The van der Waals surface area contributed by atoms with E-state index in [-0.39, 0.29) is 6.54 Å². The highest BCUT2D eigenvalue weighted by atomic mass is 32.2.